The first kappa shape index (κ1) is 15.1. The summed E-state index contributed by atoms with van der Waals surface area (Å²) in [5, 5.41) is 2.46. The van der Waals surface area contributed by atoms with Crippen LogP contribution in [-0.4, -0.2) is 18.9 Å². The minimum atomic E-state index is -0.837. The standard InChI is InChI=1S/C14H11ClO3S2/c1-18-14(17)12(16)13-9(6-7-19-13)8-20-11-5-3-2-4-10(11)15/h2-7H,8H2,1H3. The molecule has 0 aliphatic rings. The highest BCUT2D eigenvalue weighted by molar-refractivity contribution is 7.98. The van der Waals surface area contributed by atoms with E-state index in [0.29, 0.717) is 15.7 Å². The van der Waals surface area contributed by atoms with Gasteiger partial charge in [0.2, 0.25) is 0 Å². The fraction of sp³-hybridized carbons (Fsp3) is 0.143. The molecule has 0 radical (unpaired) electrons. The van der Waals surface area contributed by atoms with E-state index >= 15 is 0 Å². The van der Waals surface area contributed by atoms with E-state index in [4.69, 9.17) is 11.6 Å². The number of ketones is 1. The van der Waals surface area contributed by atoms with Gasteiger partial charge in [0.1, 0.15) is 0 Å². The molecular weight excluding hydrogens is 316 g/mol. The van der Waals surface area contributed by atoms with Gasteiger partial charge >= 0.3 is 5.97 Å². The lowest BCUT2D eigenvalue weighted by Gasteiger charge is -2.04. The molecule has 1 aromatic heterocycles. The molecular formula is C14H11ClO3S2. The number of rotatable bonds is 5. The van der Waals surface area contributed by atoms with Gasteiger partial charge in [-0.05, 0) is 29.1 Å². The lowest BCUT2D eigenvalue weighted by molar-refractivity contribution is -0.135. The van der Waals surface area contributed by atoms with Crippen LogP contribution in [0.4, 0.5) is 0 Å². The lowest BCUT2D eigenvalue weighted by Crippen LogP contribution is -2.15. The molecule has 0 saturated carbocycles. The van der Waals surface area contributed by atoms with Gasteiger partial charge < -0.3 is 4.74 Å². The van der Waals surface area contributed by atoms with E-state index in [9.17, 15) is 9.59 Å². The minimum absolute atomic E-state index is 0.427. The monoisotopic (exact) mass is 326 g/mol. The molecule has 20 heavy (non-hydrogen) atoms. The van der Waals surface area contributed by atoms with Crippen LogP contribution in [0.15, 0.2) is 40.6 Å². The fourth-order valence-electron chi connectivity index (χ4n) is 1.55. The topological polar surface area (TPSA) is 43.4 Å². The van der Waals surface area contributed by atoms with Gasteiger partial charge in [0.05, 0.1) is 17.0 Å². The summed E-state index contributed by atoms with van der Waals surface area (Å²) in [6.07, 6.45) is 0. The summed E-state index contributed by atoms with van der Waals surface area (Å²) in [7, 11) is 1.20. The van der Waals surface area contributed by atoms with Crippen molar-refractivity contribution in [3.05, 3.63) is 51.2 Å². The van der Waals surface area contributed by atoms with Crippen LogP contribution in [0.1, 0.15) is 15.2 Å². The van der Waals surface area contributed by atoms with Crippen LogP contribution in [0.25, 0.3) is 0 Å². The van der Waals surface area contributed by atoms with Crippen molar-refractivity contribution in [3.8, 4) is 0 Å². The summed E-state index contributed by atoms with van der Waals surface area (Å²) in [5.74, 6) is -0.862. The Balaban J connectivity index is 2.12. The Labute approximate surface area is 129 Å². The van der Waals surface area contributed by atoms with Crippen LogP contribution in [-0.2, 0) is 15.3 Å². The predicted molar refractivity (Wildman–Crippen MR) is 81.7 cm³/mol. The summed E-state index contributed by atoms with van der Waals surface area (Å²) in [6, 6.07) is 9.34. The van der Waals surface area contributed by atoms with Gasteiger partial charge in [-0.3, -0.25) is 4.79 Å². The third-order valence-electron chi connectivity index (χ3n) is 2.54. The van der Waals surface area contributed by atoms with Gasteiger partial charge in [0, 0.05) is 10.6 Å². The molecule has 0 bridgehead atoms. The third-order valence-corrected chi connectivity index (χ3v) is 5.06. The molecule has 0 aliphatic carbocycles. The molecule has 0 saturated heterocycles. The van der Waals surface area contributed by atoms with Crippen molar-refractivity contribution in [2.45, 2.75) is 10.6 Å². The largest absolute Gasteiger partial charge is 0.463 e. The number of methoxy groups -OCH3 is 1. The van der Waals surface area contributed by atoms with E-state index in [-0.39, 0.29) is 0 Å². The first-order valence-corrected chi connectivity index (χ1v) is 7.94. The van der Waals surface area contributed by atoms with E-state index in [1.165, 1.54) is 30.2 Å². The number of ether oxygens (including phenoxy) is 1. The molecule has 3 nitrogen and oxygen atoms in total. The van der Waals surface area contributed by atoms with Crippen LogP contribution >= 0.6 is 34.7 Å². The van der Waals surface area contributed by atoms with Gasteiger partial charge in [-0.25, -0.2) is 4.79 Å². The van der Waals surface area contributed by atoms with Crippen molar-refractivity contribution in [1.82, 2.24) is 0 Å². The number of Topliss-reactive ketones (excluding diaryl/α,β-unsaturated/α-hetero) is 1. The Morgan fingerprint density at radius 1 is 1.30 bits per heavy atom. The Hall–Kier alpha value is -1.30. The highest BCUT2D eigenvalue weighted by Crippen LogP contribution is 2.31. The maximum atomic E-state index is 11.8. The number of benzene rings is 1. The van der Waals surface area contributed by atoms with Gasteiger partial charge in [0.25, 0.3) is 5.78 Å². The highest BCUT2D eigenvalue weighted by atomic mass is 35.5. The van der Waals surface area contributed by atoms with Crippen molar-refractivity contribution in [2.24, 2.45) is 0 Å². The molecule has 6 heteroatoms. The fourth-order valence-corrected chi connectivity index (χ4v) is 3.72. The number of thioether (sulfide) groups is 1. The van der Waals surface area contributed by atoms with Crippen molar-refractivity contribution in [2.75, 3.05) is 7.11 Å². The van der Waals surface area contributed by atoms with Crippen LogP contribution in [0, 0.1) is 0 Å². The molecule has 2 aromatic rings. The Morgan fingerprint density at radius 3 is 2.75 bits per heavy atom. The van der Waals surface area contributed by atoms with E-state index < -0.39 is 11.8 Å². The molecule has 0 N–H and O–H groups in total. The van der Waals surface area contributed by atoms with E-state index in [1.807, 2.05) is 30.3 Å². The quantitative estimate of drug-likeness (QED) is 0.360. The number of hydrogen-bond acceptors (Lipinski definition) is 5. The normalized spacial score (nSPS) is 10.3. The molecule has 0 fully saturated rings. The molecule has 0 amide bonds. The van der Waals surface area contributed by atoms with Crippen LogP contribution in [0.2, 0.25) is 5.02 Å². The maximum absolute atomic E-state index is 11.8. The van der Waals surface area contributed by atoms with E-state index in [1.54, 1.807) is 5.38 Å². The van der Waals surface area contributed by atoms with Crippen molar-refractivity contribution >= 4 is 46.5 Å². The number of halogens is 1. The second-order valence-corrected chi connectivity index (χ2v) is 6.16. The maximum Gasteiger partial charge on any atom is 0.380 e. The van der Waals surface area contributed by atoms with Gasteiger partial charge in [-0.2, -0.15) is 0 Å². The third kappa shape index (κ3) is 3.42. The second kappa shape index (κ2) is 6.92. The highest BCUT2D eigenvalue weighted by Gasteiger charge is 2.21. The summed E-state index contributed by atoms with van der Waals surface area (Å²) in [5.41, 5.74) is 0.815. The molecule has 0 atom stereocenters. The summed E-state index contributed by atoms with van der Waals surface area (Å²) in [4.78, 5) is 24.5. The molecule has 0 aliphatic heterocycles. The van der Waals surface area contributed by atoms with E-state index in [0.717, 1.165) is 10.5 Å². The molecule has 0 spiro atoms. The van der Waals surface area contributed by atoms with Gasteiger partial charge in [-0.1, -0.05) is 23.7 Å². The summed E-state index contributed by atoms with van der Waals surface area (Å²) < 4.78 is 4.46. The molecule has 2 rings (SSSR count). The Morgan fingerprint density at radius 2 is 2.05 bits per heavy atom. The van der Waals surface area contributed by atoms with Crippen molar-refractivity contribution in [1.29, 1.82) is 0 Å². The van der Waals surface area contributed by atoms with Crippen LogP contribution < -0.4 is 0 Å². The van der Waals surface area contributed by atoms with Crippen molar-refractivity contribution in [3.63, 3.8) is 0 Å². The zero-order chi connectivity index (χ0) is 14.5. The predicted octanol–water partition coefficient (Wildman–Crippen LogP) is 4.05. The molecule has 0 unspecified atom stereocenters. The minimum Gasteiger partial charge on any atom is -0.463 e. The zero-order valence-corrected chi connectivity index (χ0v) is 13.0. The van der Waals surface area contributed by atoms with Crippen LogP contribution in [0.3, 0.4) is 0 Å². The number of esters is 1. The molecule has 1 aromatic carbocycles. The molecule has 1 heterocycles. The first-order valence-electron chi connectivity index (χ1n) is 5.70. The lowest BCUT2D eigenvalue weighted by atomic mass is 10.2. The Kier molecular flexibility index (Phi) is 5.23. The number of carbonyl (C=O) groups excluding carboxylic acids is 2. The average Bonchev–Trinajstić information content (AvgIpc) is 2.93. The SMILES string of the molecule is COC(=O)C(=O)c1sccc1CSc1ccccc1Cl. The van der Waals surface area contributed by atoms with Gasteiger partial charge in [-0.15, -0.1) is 23.1 Å². The van der Waals surface area contributed by atoms with Crippen molar-refractivity contribution < 1.29 is 14.3 Å². The summed E-state index contributed by atoms with van der Waals surface area (Å²) in [6.45, 7) is 0. The summed E-state index contributed by atoms with van der Waals surface area (Å²) >= 11 is 8.85. The van der Waals surface area contributed by atoms with Gasteiger partial charge in [0.15, 0.2) is 0 Å². The van der Waals surface area contributed by atoms with E-state index in [2.05, 4.69) is 4.74 Å². The smallest absolute Gasteiger partial charge is 0.380 e. The second-order valence-electron chi connectivity index (χ2n) is 3.81. The van der Waals surface area contributed by atoms with Crippen LogP contribution in [0.5, 0.6) is 0 Å². The number of thiophene rings is 1. The first-order chi connectivity index (χ1) is 9.63. The number of carbonyl (C=O) groups is 2. The average molecular weight is 327 g/mol. The molecule has 104 valence electrons. The Bertz CT molecular complexity index is 637. The number of hydrogen-bond donors (Lipinski definition) is 0. The zero-order valence-electron chi connectivity index (χ0n) is 10.6.